The van der Waals surface area contributed by atoms with Crippen molar-refractivity contribution in [1.29, 1.82) is 0 Å². The molecule has 0 saturated carbocycles. The molecule has 1 amide bonds. The van der Waals surface area contributed by atoms with Crippen LogP contribution >= 0.6 is 0 Å². The highest BCUT2D eigenvalue weighted by Gasteiger charge is 2.09. The number of aryl methyl sites for hydroxylation is 1. The number of aromatic amines is 1. The third kappa shape index (κ3) is 3.76. The quantitative estimate of drug-likeness (QED) is 0.807. The van der Waals surface area contributed by atoms with Gasteiger partial charge in [0.1, 0.15) is 0 Å². The maximum absolute atomic E-state index is 12.0. The van der Waals surface area contributed by atoms with Crippen LogP contribution in [0.5, 0.6) is 0 Å². The average Bonchev–Trinajstić information content (AvgIpc) is 2.50. The molecule has 1 heterocycles. The van der Waals surface area contributed by atoms with Gasteiger partial charge in [-0.15, -0.1) is 0 Å². The molecule has 110 valence electrons. The summed E-state index contributed by atoms with van der Waals surface area (Å²) in [6.45, 7) is 2.68. The minimum atomic E-state index is -0.280. The van der Waals surface area contributed by atoms with Gasteiger partial charge in [-0.2, -0.15) is 5.10 Å². The van der Waals surface area contributed by atoms with Crippen molar-refractivity contribution in [2.45, 2.75) is 6.92 Å². The van der Waals surface area contributed by atoms with Crippen molar-refractivity contribution in [3.05, 3.63) is 51.9 Å². The van der Waals surface area contributed by atoms with Crippen LogP contribution in [0.4, 0.5) is 0 Å². The maximum Gasteiger partial charge on any atom is 0.272 e. The van der Waals surface area contributed by atoms with E-state index < -0.39 is 0 Å². The SMILES string of the molecule is COCCNC(=O)c1cccc(-c2cc(C)n[nH]c2=O)c1. The number of carbonyl (C=O) groups excluding carboxylic acids is 1. The second-order valence-corrected chi connectivity index (χ2v) is 4.58. The van der Waals surface area contributed by atoms with Crippen LogP contribution in [0.3, 0.4) is 0 Å². The molecule has 2 N–H and O–H groups in total. The zero-order chi connectivity index (χ0) is 15.2. The number of H-pyrrole nitrogens is 1. The van der Waals surface area contributed by atoms with Crippen LogP contribution in [0.2, 0.25) is 0 Å². The van der Waals surface area contributed by atoms with Crippen molar-refractivity contribution in [1.82, 2.24) is 15.5 Å². The van der Waals surface area contributed by atoms with Gasteiger partial charge in [0.05, 0.1) is 17.9 Å². The largest absolute Gasteiger partial charge is 0.383 e. The molecule has 0 atom stereocenters. The zero-order valence-corrected chi connectivity index (χ0v) is 12.0. The van der Waals surface area contributed by atoms with Crippen molar-refractivity contribution in [3.63, 3.8) is 0 Å². The summed E-state index contributed by atoms with van der Waals surface area (Å²) in [7, 11) is 1.57. The predicted octanol–water partition coefficient (Wildman–Crippen LogP) is 1.12. The molecular formula is C15H17N3O3. The first-order chi connectivity index (χ1) is 10.1. The van der Waals surface area contributed by atoms with Crippen molar-refractivity contribution in [2.24, 2.45) is 0 Å². The Bertz CT molecular complexity index is 695. The van der Waals surface area contributed by atoms with Crippen molar-refractivity contribution in [3.8, 4) is 11.1 Å². The Kier molecular flexibility index (Phi) is 4.84. The summed E-state index contributed by atoms with van der Waals surface area (Å²) in [5.74, 6) is -0.198. The lowest BCUT2D eigenvalue weighted by Crippen LogP contribution is -2.26. The average molecular weight is 287 g/mol. The van der Waals surface area contributed by atoms with E-state index in [0.717, 1.165) is 0 Å². The van der Waals surface area contributed by atoms with Crippen LogP contribution in [0, 0.1) is 6.92 Å². The fourth-order valence-corrected chi connectivity index (χ4v) is 1.92. The number of benzene rings is 1. The topological polar surface area (TPSA) is 84.1 Å². The molecule has 0 bridgehead atoms. The number of aromatic nitrogens is 2. The fraction of sp³-hybridized carbons (Fsp3) is 0.267. The number of hydrogen-bond acceptors (Lipinski definition) is 4. The van der Waals surface area contributed by atoms with Crippen LogP contribution in [0.1, 0.15) is 16.1 Å². The van der Waals surface area contributed by atoms with Crippen LogP contribution < -0.4 is 10.9 Å². The number of nitrogens with one attached hydrogen (secondary N) is 2. The van der Waals surface area contributed by atoms with E-state index in [9.17, 15) is 9.59 Å². The van der Waals surface area contributed by atoms with Crippen LogP contribution in [-0.4, -0.2) is 36.4 Å². The fourth-order valence-electron chi connectivity index (χ4n) is 1.92. The molecule has 0 aliphatic heterocycles. The normalized spacial score (nSPS) is 10.4. The molecule has 21 heavy (non-hydrogen) atoms. The summed E-state index contributed by atoms with van der Waals surface area (Å²) in [5, 5.41) is 9.02. The number of hydrogen-bond donors (Lipinski definition) is 2. The number of methoxy groups -OCH3 is 1. The summed E-state index contributed by atoms with van der Waals surface area (Å²) >= 11 is 0. The van der Waals surface area contributed by atoms with Gasteiger partial charge in [0.15, 0.2) is 0 Å². The van der Waals surface area contributed by atoms with E-state index in [-0.39, 0.29) is 11.5 Å². The van der Waals surface area contributed by atoms with Gasteiger partial charge < -0.3 is 10.1 Å². The lowest BCUT2D eigenvalue weighted by Gasteiger charge is -2.07. The van der Waals surface area contributed by atoms with E-state index in [2.05, 4.69) is 15.5 Å². The highest BCUT2D eigenvalue weighted by molar-refractivity contribution is 5.95. The summed E-state index contributed by atoms with van der Waals surface area (Å²) < 4.78 is 4.88. The summed E-state index contributed by atoms with van der Waals surface area (Å²) in [5.41, 5.74) is 2.10. The second kappa shape index (κ2) is 6.81. The molecule has 2 aromatic rings. The smallest absolute Gasteiger partial charge is 0.272 e. The highest BCUT2D eigenvalue weighted by Crippen LogP contribution is 2.17. The second-order valence-electron chi connectivity index (χ2n) is 4.58. The van der Waals surface area contributed by atoms with Gasteiger partial charge in [0.2, 0.25) is 0 Å². The maximum atomic E-state index is 12.0. The molecule has 6 nitrogen and oxygen atoms in total. The molecule has 0 radical (unpaired) electrons. The monoisotopic (exact) mass is 287 g/mol. The van der Waals surface area contributed by atoms with E-state index >= 15 is 0 Å². The summed E-state index contributed by atoms with van der Waals surface area (Å²) in [6.07, 6.45) is 0. The molecule has 0 saturated heterocycles. The van der Waals surface area contributed by atoms with Crippen LogP contribution in [-0.2, 0) is 4.74 Å². The summed E-state index contributed by atoms with van der Waals surface area (Å²) in [4.78, 5) is 23.8. The van der Waals surface area contributed by atoms with E-state index in [1.54, 1.807) is 44.4 Å². The Morgan fingerprint density at radius 2 is 2.19 bits per heavy atom. The predicted molar refractivity (Wildman–Crippen MR) is 79.2 cm³/mol. The number of rotatable bonds is 5. The summed E-state index contributed by atoms with van der Waals surface area (Å²) in [6, 6.07) is 8.62. The molecule has 0 aliphatic carbocycles. The standard InChI is InChI=1S/C15H17N3O3/c1-10-8-13(15(20)18-17-10)11-4-3-5-12(9-11)14(19)16-6-7-21-2/h3-5,8-9H,6-7H2,1-2H3,(H,16,19)(H,18,20). The first-order valence-electron chi connectivity index (χ1n) is 6.55. The van der Waals surface area contributed by atoms with Gasteiger partial charge >= 0.3 is 0 Å². The van der Waals surface area contributed by atoms with Gasteiger partial charge in [0, 0.05) is 19.2 Å². The lowest BCUT2D eigenvalue weighted by molar-refractivity contribution is 0.0937. The third-order valence-electron chi connectivity index (χ3n) is 2.96. The Labute approximate surface area is 122 Å². The van der Waals surface area contributed by atoms with E-state index in [1.165, 1.54) is 0 Å². The van der Waals surface area contributed by atoms with E-state index in [1.807, 2.05) is 0 Å². The number of carbonyl (C=O) groups is 1. The first kappa shape index (κ1) is 14.9. The third-order valence-corrected chi connectivity index (χ3v) is 2.96. The van der Waals surface area contributed by atoms with Crippen molar-refractivity contribution < 1.29 is 9.53 Å². The highest BCUT2D eigenvalue weighted by atomic mass is 16.5. The van der Waals surface area contributed by atoms with Crippen LogP contribution in [0.25, 0.3) is 11.1 Å². The van der Waals surface area contributed by atoms with Crippen LogP contribution in [0.15, 0.2) is 35.1 Å². The Morgan fingerprint density at radius 1 is 1.38 bits per heavy atom. The number of nitrogens with zero attached hydrogens (tertiary/aromatic N) is 1. The molecule has 6 heteroatoms. The molecule has 2 rings (SSSR count). The molecule has 0 spiro atoms. The Balaban J connectivity index is 2.27. The first-order valence-corrected chi connectivity index (χ1v) is 6.55. The molecule has 0 aliphatic rings. The van der Waals surface area contributed by atoms with Gasteiger partial charge in [-0.05, 0) is 30.7 Å². The number of amides is 1. The van der Waals surface area contributed by atoms with Crippen molar-refractivity contribution >= 4 is 5.91 Å². The van der Waals surface area contributed by atoms with Gasteiger partial charge in [0.25, 0.3) is 11.5 Å². The number of ether oxygens (including phenoxy) is 1. The molecule has 1 aromatic heterocycles. The van der Waals surface area contributed by atoms with Gasteiger partial charge in [-0.25, -0.2) is 5.10 Å². The minimum Gasteiger partial charge on any atom is -0.383 e. The van der Waals surface area contributed by atoms with Gasteiger partial charge in [-0.3, -0.25) is 9.59 Å². The van der Waals surface area contributed by atoms with E-state index in [0.29, 0.717) is 35.5 Å². The van der Waals surface area contributed by atoms with E-state index in [4.69, 9.17) is 4.74 Å². The molecule has 1 aromatic carbocycles. The lowest BCUT2D eigenvalue weighted by atomic mass is 10.0. The minimum absolute atomic E-state index is 0.198. The van der Waals surface area contributed by atoms with Crippen molar-refractivity contribution in [2.75, 3.05) is 20.3 Å². The molecular weight excluding hydrogens is 270 g/mol. The Morgan fingerprint density at radius 3 is 2.95 bits per heavy atom. The van der Waals surface area contributed by atoms with Gasteiger partial charge in [-0.1, -0.05) is 12.1 Å². The molecule has 0 fully saturated rings. The molecule has 0 unspecified atom stereocenters. The Hall–Kier alpha value is -2.47. The zero-order valence-electron chi connectivity index (χ0n) is 12.0.